The molecule has 1 aliphatic rings. The molecule has 0 aliphatic heterocycles. The maximum absolute atomic E-state index is 12.6. The molecule has 0 spiro atoms. The Labute approximate surface area is 333 Å². The zero-order valence-electron chi connectivity index (χ0n) is 32.8. The number of fused-ring (bicyclic) bond motifs is 3. The zero-order valence-corrected chi connectivity index (χ0v) is 32.8. The Kier molecular flexibility index (Phi) is 13.0. The molecule has 0 saturated heterocycles. The van der Waals surface area contributed by atoms with Crippen molar-refractivity contribution in [3.05, 3.63) is 168 Å². The first-order valence-corrected chi connectivity index (χ1v) is 18.3. The Morgan fingerprint density at radius 1 is 0.544 bits per heavy atom. The highest BCUT2D eigenvalue weighted by molar-refractivity contribution is 5.89. The summed E-state index contributed by atoms with van der Waals surface area (Å²) in [6.45, 7) is 21.8. The molecule has 0 radical (unpaired) electrons. The molecule has 10 nitrogen and oxygen atoms in total. The number of hydrogen-bond acceptors (Lipinski definition) is 10. The molecule has 0 fully saturated rings. The topological polar surface area (TPSA) is 124 Å². The zero-order chi connectivity index (χ0) is 41.4. The molecule has 0 saturated carbocycles. The molecule has 3 atom stereocenters. The molecular formula is C47H46O10. The Bertz CT molecular complexity index is 2170. The van der Waals surface area contributed by atoms with E-state index >= 15 is 0 Å². The highest BCUT2D eigenvalue weighted by Gasteiger charge is 2.46. The molecule has 0 amide bonds. The minimum atomic E-state index is -1.28. The van der Waals surface area contributed by atoms with Crippen LogP contribution in [-0.2, 0) is 43.5 Å². The van der Waals surface area contributed by atoms with Crippen LogP contribution in [0.4, 0.5) is 0 Å². The molecule has 0 bridgehead atoms. The molecule has 1 aliphatic carbocycles. The highest BCUT2D eigenvalue weighted by atomic mass is 16.7. The second kappa shape index (κ2) is 17.8. The van der Waals surface area contributed by atoms with E-state index in [-0.39, 0.29) is 35.5 Å². The molecule has 10 heteroatoms. The van der Waals surface area contributed by atoms with E-state index in [1.54, 1.807) is 19.1 Å². The van der Waals surface area contributed by atoms with Crippen molar-refractivity contribution in [1.29, 1.82) is 0 Å². The summed E-state index contributed by atoms with van der Waals surface area (Å²) in [5.41, 5.74) is 6.13. The molecule has 4 aromatic rings. The van der Waals surface area contributed by atoms with Gasteiger partial charge >= 0.3 is 23.9 Å². The number of carbonyl (C=O) groups excluding carboxylic acids is 4. The van der Waals surface area contributed by atoms with Crippen molar-refractivity contribution in [2.24, 2.45) is 0 Å². The van der Waals surface area contributed by atoms with Crippen molar-refractivity contribution in [1.82, 2.24) is 0 Å². The summed E-state index contributed by atoms with van der Waals surface area (Å²) in [6.07, 6.45) is -3.15. The normalized spacial score (nSPS) is 13.6. The summed E-state index contributed by atoms with van der Waals surface area (Å²) in [6, 6.07) is 31.6. The number of carbonyl (C=O) groups is 4. The minimum Gasteiger partial charge on any atom is -0.490 e. The number of esters is 4. The van der Waals surface area contributed by atoms with E-state index < -0.39 is 47.8 Å². The SMILES string of the molecule is C=C(C)C(=O)OCC(COc1ccc(C2(c3ccc(OC(OC(=O)C(=C)C)C(C)OC(=O)C(=C)C)cc3)c3ccccc3-c3ccccc32)cc1)OC(=O)C(=C)C. The van der Waals surface area contributed by atoms with Gasteiger partial charge in [-0.1, -0.05) is 99.1 Å². The van der Waals surface area contributed by atoms with E-state index in [0.29, 0.717) is 11.5 Å². The lowest BCUT2D eigenvalue weighted by atomic mass is 9.68. The maximum atomic E-state index is 12.6. The number of ether oxygens (including phenoxy) is 6. The van der Waals surface area contributed by atoms with E-state index in [2.05, 4.69) is 50.6 Å². The standard InChI is InChI=1S/C47H46O10/c1-28(2)42(48)53-27-37(55-44(50)30(5)6)26-52-35-22-18-33(19-23-35)47(40-16-12-10-14-38(40)39-15-11-13-17-41(39)47)34-20-24-36(25-21-34)56-46(57-45(51)31(7)8)32(9)54-43(49)29(3)4/h10-25,32,37,46H,1,3,5,7,26-27H2,2,4,6,8-9H3. The second-order valence-corrected chi connectivity index (χ2v) is 14.0. The van der Waals surface area contributed by atoms with Gasteiger partial charge in [-0.2, -0.15) is 0 Å². The van der Waals surface area contributed by atoms with Gasteiger partial charge < -0.3 is 28.4 Å². The highest BCUT2D eigenvalue weighted by Crippen LogP contribution is 2.56. The van der Waals surface area contributed by atoms with Crippen LogP contribution < -0.4 is 9.47 Å². The molecule has 4 aromatic carbocycles. The van der Waals surface area contributed by atoms with E-state index in [4.69, 9.17) is 28.4 Å². The quantitative estimate of drug-likeness (QED) is 0.0394. The molecule has 0 aromatic heterocycles. The fourth-order valence-electron chi connectivity index (χ4n) is 6.34. The largest absolute Gasteiger partial charge is 0.490 e. The minimum absolute atomic E-state index is 0.0895. The Morgan fingerprint density at radius 2 is 0.982 bits per heavy atom. The van der Waals surface area contributed by atoms with Crippen LogP contribution in [0.15, 0.2) is 146 Å². The van der Waals surface area contributed by atoms with Crippen LogP contribution in [0.5, 0.6) is 11.5 Å². The average Bonchev–Trinajstić information content (AvgIpc) is 3.49. The van der Waals surface area contributed by atoms with Crippen LogP contribution in [-0.4, -0.2) is 55.6 Å². The molecule has 57 heavy (non-hydrogen) atoms. The average molecular weight is 771 g/mol. The Morgan fingerprint density at radius 3 is 1.47 bits per heavy atom. The van der Waals surface area contributed by atoms with Gasteiger partial charge in [-0.3, -0.25) is 0 Å². The van der Waals surface area contributed by atoms with Crippen LogP contribution >= 0.6 is 0 Å². The van der Waals surface area contributed by atoms with Crippen molar-refractivity contribution in [3.8, 4) is 22.6 Å². The summed E-state index contributed by atoms with van der Waals surface area (Å²) >= 11 is 0. The van der Waals surface area contributed by atoms with Crippen LogP contribution in [0.2, 0.25) is 0 Å². The predicted octanol–water partition coefficient (Wildman–Crippen LogP) is 8.37. The van der Waals surface area contributed by atoms with Crippen LogP contribution in [0, 0.1) is 0 Å². The van der Waals surface area contributed by atoms with Crippen molar-refractivity contribution >= 4 is 23.9 Å². The van der Waals surface area contributed by atoms with Gasteiger partial charge in [0, 0.05) is 22.3 Å². The van der Waals surface area contributed by atoms with Gasteiger partial charge in [0.05, 0.1) is 5.41 Å². The maximum Gasteiger partial charge on any atom is 0.336 e. The Hall–Kier alpha value is -6.68. The van der Waals surface area contributed by atoms with Crippen LogP contribution in [0.3, 0.4) is 0 Å². The van der Waals surface area contributed by atoms with Crippen molar-refractivity contribution in [2.75, 3.05) is 13.2 Å². The summed E-state index contributed by atoms with van der Waals surface area (Å²) < 4.78 is 34.0. The number of hydrogen-bond donors (Lipinski definition) is 0. The summed E-state index contributed by atoms with van der Waals surface area (Å²) in [5, 5.41) is 0. The first-order valence-electron chi connectivity index (χ1n) is 18.3. The number of rotatable bonds is 17. The van der Waals surface area contributed by atoms with Gasteiger partial charge in [-0.05, 0) is 92.3 Å². The molecule has 5 rings (SSSR count). The van der Waals surface area contributed by atoms with E-state index in [9.17, 15) is 19.2 Å². The first kappa shape index (κ1) is 41.5. The lowest BCUT2D eigenvalue weighted by Gasteiger charge is -2.34. The molecule has 294 valence electrons. The predicted molar refractivity (Wildman–Crippen MR) is 215 cm³/mol. The van der Waals surface area contributed by atoms with Gasteiger partial charge in [-0.25, -0.2) is 19.2 Å². The van der Waals surface area contributed by atoms with Gasteiger partial charge in [0.1, 0.15) is 24.7 Å². The van der Waals surface area contributed by atoms with Gasteiger partial charge in [0.15, 0.2) is 12.2 Å². The van der Waals surface area contributed by atoms with E-state index in [0.717, 1.165) is 33.4 Å². The second-order valence-electron chi connectivity index (χ2n) is 14.0. The van der Waals surface area contributed by atoms with Gasteiger partial charge in [-0.15, -0.1) is 0 Å². The smallest absolute Gasteiger partial charge is 0.336 e. The fourth-order valence-corrected chi connectivity index (χ4v) is 6.34. The lowest BCUT2D eigenvalue weighted by molar-refractivity contribution is -0.185. The summed E-state index contributed by atoms with van der Waals surface area (Å²) in [7, 11) is 0. The number of benzene rings is 4. The van der Waals surface area contributed by atoms with Crippen LogP contribution in [0.1, 0.15) is 56.9 Å². The Balaban J connectivity index is 1.49. The molecule has 0 heterocycles. The first-order chi connectivity index (χ1) is 27.1. The third-order valence-corrected chi connectivity index (χ3v) is 9.18. The van der Waals surface area contributed by atoms with Gasteiger partial charge in [0.25, 0.3) is 6.29 Å². The third-order valence-electron chi connectivity index (χ3n) is 9.18. The van der Waals surface area contributed by atoms with Crippen molar-refractivity contribution < 1.29 is 47.6 Å². The molecular weight excluding hydrogens is 725 g/mol. The molecule has 0 N–H and O–H groups in total. The molecule has 3 unspecified atom stereocenters. The van der Waals surface area contributed by atoms with Gasteiger partial charge in [0.2, 0.25) is 0 Å². The van der Waals surface area contributed by atoms with E-state index in [1.165, 1.54) is 27.7 Å². The van der Waals surface area contributed by atoms with E-state index in [1.807, 2.05) is 60.7 Å². The summed E-state index contributed by atoms with van der Waals surface area (Å²) in [4.78, 5) is 49.3. The van der Waals surface area contributed by atoms with Crippen LogP contribution in [0.25, 0.3) is 11.1 Å². The third kappa shape index (κ3) is 9.24. The monoisotopic (exact) mass is 770 g/mol. The van der Waals surface area contributed by atoms with Crippen molar-refractivity contribution in [3.63, 3.8) is 0 Å². The van der Waals surface area contributed by atoms with Crippen molar-refractivity contribution in [2.45, 2.75) is 58.5 Å². The lowest BCUT2D eigenvalue weighted by Crippen LogP contribution is -2.38. The summed E-state index contributed by atoms with van der Waals surface area (Å²) in [5.74, 6) is -1.73. The fraction of sp³-hybridized carbons (Fsp3) is 0.234.